The molecule has 21 heavy (non-hydrogen) atoms. The van der Waals surface area contributed by atoms with Crippen LogP contribution in [0.1, 0.15) is 49.7 Å². The van der Waals surface area contributed by atoms with E-state index < -0.39 is 10.2 Å². The quantitative estimate of drug-likeness (QED) is 0.725. The molecule has 0 unspecified atom stereocenters. The number of unbranched alkanes of at least 4 members (excludes halogenated alkanes) is 1. The van der Waals surface area contributed by atoms with Crippen LogP contribution in [0.5, 0.6) is 0 Å². The summed E-state index contributed by atoms with van der Waals surface area (Å²) in [7, 11) is -3.32. The zero-order chi connectivity index (χ0) is 15.1. The van der Waals surface area contributed by atoms with Crippen molar-refractivity contribution in [1.82, 2.24) is 9.44 Å². The Bertz CT molecular complexity index is 520. The monoisotopic (exact) mass is 310 g/mol. The Hall–Kier alpha value is -0.910. The fraction of sp³-hybridized carbons (Fsp3) is 0.625. The normalized spacial score (nSPS) is 16.4. The van der Waals surface area contributed by atoms with Gasteiger partial charge in [-0.2, -0.15) is 13.1 Å². The second kappa shape index (κ2) is 7.92. The van der Waals surface area contributed by atoms with Gasteiger partial charge < -0.3 is 0 Å². The van der Waals surface area contributed by atoms with Gasteiger partial charge in [0.1, 0.15) is 0 Å². The number of hydrogen-bond donors (Lipinski definition) is 2. The topological polar surface area (TPSA) is 58.2 Å². The van der Waals surface area contributed by atoms with Gasteiger partial charge in [-0.15, -0.1) is 0 Å². The minimum Gasteiger partial charge on any atom is -0.202 e. The Morgan fingerprint density at radius 3 is 2.43 bits per heavy atom. The molecule has 0 amide bonds. The largest absolute Gasteiger partial charge is 0.277 e. The highest BCUT2D eigenvalue weighted by atomic mass is 32.2. The number of hydrogen-bond acceptors (Lipinski definition) is 2. The molecule has 1 aliphatic rings. The van der Waals surface area contributed by atoms with E-state index in [1.54, 1.807) is 0 Å². The highest BCUT2D eigenvalue weighted by molar-refractivity contribution is 7.87. The van der Waals surface area contributed by atoms with E-state index in [-0.39, 0.29) is 6.04 Å². The molecule has 0 aromatic heterocycles. The first-order valence-corrected chi connectivity index (χ1v) is 9.36. The van der Waals surface area contributed by atoms with Crippen molar-refractivity contribution < 1.29 is 8.42 Å². The molecule has 1 saturated carbocycles. The van der Waals surface area contributed by atoms with E-state index in [1.807, 2.05) is 0 Å². The molecular weight excluding hydrogens is 284 g/mol. The number of aryl methyl sites for hydroxylation is 2. The smallest absolute Gasteiger partial charge is 0.202 e. The Morgan fingerprint density at radius 1 is 1.10 bits per heavy atom. The summed E-state index contributed by atoms with van der Waals surface area (Å²) in [6.07, 6.45) is 7.04. The zero-order valence-electron chi connectivity index (χ0n) is 12.8. The average molecular weight is 310 g/mol. The van der Waals surface area contributed by atoms with Gasteiger partial charge >= 0.3 is 0 Å². The molecule has 0 atom stereocenters. The van der Waals surface area contributed by atoms with Gasteiger partial charge in [0.25, 0.3) is 10.2 Å². The van der Waals surface area contributed by atoms with Crippen molar-refractivity contribution >= 4 is 10.2 Å². The molecule has 0 aliphatic heterocycles. The first-order valence-electron chi connectivity index (χ1n) is 7.88. The first-order chi connectivity index (χ1) is 10.1. The van der Waals surface area contributed by atoms with Crippen molar-refractivity contribution in [3.63, 3.8) is 0 Å². The third-order valence-electron chi connectivity index (χ3n) is 3.98. The van der Waals surface area contributed by atoms with Gasteiger partial charge in [0.2, 0.25) is 0 Å². The molecule has 0 bridgehead atoms. The lowest BCUT2D eigenvalue weighted by atomic mass is 10.1. The second-order valence-electron chi connectivity index (χ2n) is 5.94. The first kappa shape index (κ1) is 16.5. The minimum atomic E-state index is -3.32. The Kier molecular flexibility index (Phi) is 6.21. The van der Waals surface area contributed by atoms with Crippen LogP contribution in [0.3, 0.4) is 0 Å². The molecule has 2 N–H and O–H groups in total. The lowest BCUT2D eigenvalue weighted by molar-refractivity contribution is 0.536. The molecule has 0 spiro atoms. The summed E-state index contributed by atoms with van der Waals surface area (Å²) >= 11 is 0. The lowest BCUT2D eigenvalue weighted by Gasteiger charge is -2.13. The molecule has 1 aromatic rings. The van der Waals surface area contributed by atoms with Crippen LogP contribution >= 0.6 is 0 Å². The molecule has 0 radical (unpaired) electrons. The van der Waals surface area contributed by atoms with E-state index in [0.29, 0.717) is 6.54 Å². The highest BCUT2D eigenvalue weighted by Gasteiger charge is 2.20. The maximum atomic E-state index is 11.8. The van der Waals surface area contributed by atoms with Gasteiger partial charge in [0.05, 0.1) is 0 Å². The summed E-state index contributed by atoms with van der Waals surface area (Å²) in [6, 6.07) is 8.64. The van der Waals surface area contributed by atoms with Crippen LogP contribution in [0, 0.1) is 6.92 Å². The molecule has 1 aliphatic carbocycles. The molecule has 4 nitrogen and oxygen atoms in total. The second-order valence-corrected chi connectivity index (χ2v) is 7.47. The van der Waals surface area contributed by atoms with Crippen LogP contribution < -0.4 is 9.44 Å². The fourth-order valence-electron chi connectivity index (χ4n) is 2.72. The van der Waals surface area contributed by atoms with Crippen molar-refractivity contribution in [2.75, 3.05) is 6.54 Å². The van der Waals surface area contributed by atoms with Gasteiger partial charge in [0, 0.05) is 12.6 Å². The molecule has 1 fully saturated rings. The third kappa shape index (κ3) is 6.16. The predicted molar refractivity (Wildman–Crippen MR) is 86.4 cm³/mol. The Labute approximate surface area is 128 Å². The van der Waals surface area contributed by atoms with Crippen molar-refractivity contribution in [1.29, 1.82) is 0 Å². The van der Waals surface area contributed by atoms with Crippen LogP contribution in [0.15, 0.2) is 24.3 Å². The summed E-state index contributed by atoms with van der Waals surface area (Å²) in [4.78, 5) is 0. The van der Waals surface area contributed by atoms with Gasteiger partial charge in [0.15, 0.2) is 0 Å². The molecule has 0 saturated heterocycles. The summed E-state index contributed by atoms with van der Waals surface area (Å²) in [5, 5.41) is 0. The molecule has 5 heteroatoms. The van der Waals surface area contributed by atoms with E-state index in [9.17, 15) is 8.42 Å². The van der Waals surface area contributed by atoms with Gasteiger partial charge in [-0.25, -0.2) is 4.72 Å². The Balaban J connectivity index is 1.61. The predicted octanol–water partition coefficient (Wildman–Crippen LogP) is 2.68. The maximum Gasteiger partial charge on any atom is 0.277 e. The van der Waals surface area contributed by atoms with Crippen LogP contribution in [0.2, 0.25) is 0 Å². The van der Waals surface area contributed by atoms with E-state index in [0.717, 1.165) is 44.9 Å². The standard InChI is InChI=1S/C16H26N2O2S/c1-14-9-11-15(12-10-14)6-4-5-13-17-21(19,20)18-16-7-2-3-8-16/h9-12,16-18H,2-8,13H2,1H3. The van der Waals surface area contributed by atoms with E-state index >= 15 is 0 Å². The lowest BCUT2D eigenvalue weighted by Crippen LogP contribution is -2.41. The molecule has 118 valence electrons. The van der Waals surface area contributed by atoms with Crippen LogP contribution in [0.4, 0.5) is 0 Å². The minimum absolute atomic E-state index is 0.134. The number of rotatable bonds is 8. The average Bonchev–Trinajstić information content (AvgIpc) is 2.92. The van der Waals surface area contributed by atoms with E-state index in [2.05, 4.69) is 40.6 Å². The van der Waals surface area contributed by atoms with E-state index in [1.165, 1.54) is 11.1 Å². The van der Waals surface area contributed by atoms with Gasteiger partial charge in [-0.05, 0) is 44.6 Å². The van der Waals surface area contributed by atoms with E-state index in [4.69, 9.17) is 0 Å². The zero-order valence-corrected chi connectivity index (χ0v) is 13.6. The maximum absolute atomic E-state index is 11.8. The van der Waals surface area contributed by atoms with Crippen molar-refractivity contribution in [2.24, 2.45) is 0 Å². The van der Waals surface area contributed by atoms with Crippen molar-refractivity contribution in [2.45, 2.75) is 57.9 Å². The van der Waals surface area contributed by atoms with Crippen LogP contribution in [-0.4, -0.2) is 21.0 Å². The Morgan fingerprint density at radius 2 is 1.76 bits per heavy atom. The van der Waals surface area contributed by atoms with Crippen molar-refractivity contribution in [3.8, 4) is 0 Å². The summed E-state index contributed by atoms with van der Waals surface area (Å²) < 4.78 is 29.0. The summed E-state index contributed by atoms with van der Waals surface area (Å²) in [5.74, 6) is 0. The number of nitrogens with one attached hydrogen (secondary N) is 2. The highest BCUT2D eigenvalue weighted by Crippen LogP contribution is 2.18. The van der Waals surface area contributed by atoms with Gasteiger partial charge in [-0.1, -0.05) is 42.7 Å². The fourth-order valence-corrected chi connectivity index (χ4v) is 3.89. The molecule has 2 rings (SSSR count). The van der Waals surface area contributed by atoms with Crippen LogP contribution in [0.25, 0.3) is 0 Å². The number of benzene rings is 1. The molecule has 1 aromatic carbocycles. The van der Waals surface area contributed by atoms with Gasteiger partial charge in [-0.3, -0.25) is 0 Å². The van der Waals surface area contributed by atoms with Crippen LogP contribution in [-0.2, 0) is 16.6 Å². The molecule has 0 heterocycles. The SMILES string of the molecule is Cc1ccc(CCCCNS(=O)(=O)NC2CCCC2)cc1. The molecular formula is C16H26N2O2S. The summed E-state index contributed by atoms with van der Waals surface area (Å²) in [6.45, 7) is 2.59. The third-order valence-corrected chi connectivity index (χ3v) is 5.21. The van der Waals surface area contributed by atoms with Crippen molar-refractivity contribution in [3.05, 3.63) is 35.4 Å². The summed E-state index contributed by atoms with van der Waals surface area (Å²) in [5.41, 5.74) is 2.58.